The number of thioether (sulfide) groups is 1. The Morgan fingerprint density at radius 3 is 2.71 bits per heavy atom. The van der Waals surface area contributed by atoms with Crippen LogP contribution >= 0.6 is 27.7 Å². The molecule has 2 aromatic carbocycles. The van der Waals surface area contributed by atoms with Gasteiger partial charge in [-0.1, -0.05) is 24.3 Å². The maximum absolute atomic E-state index is 10.9. The van der Waals surface area contributed by atoms with Gasteiger partial charge in [-0.15, -0.1) is 11.8 Å². The maximum Gasteiger partial charge on any atom is 0.283 e. The second kappa shape index (κ2) is 7.06. The quantitative estimate of drug-likeness (QED) is 0.472. The molecule has 110 valence electrons. The number of halogens is 1. The van der Waals surface area contributed by atoms with Crippen LogP contribution in [0.15, 0.2) is 51.8 Å². The van der Waals surface area contributed by atoms with Crippen molar-refractivity contribution in [3.8, 4) is 0 Å². The molecule has 1 N–H and O–H groups in total. The fourth-order valence-electron chi connectivity index (χ4n) is 1.84. The molecule has 0 aromatic heterocycles. The molecule has 0 saturated heterocycles. The lowest BCUT2D eigenvalue weighted by Crippen LogP contribution is -1.93. The van der Waals surface area contributed by atoms with E-state index in [1.54, 1.807) is 24.8 Å². The molecule has 6 heteroatoms. The highest BCUT2D eigenvalue weighted by atomic mass is 79.9. The van der Waals surface area contributed by atoms with Crippen LogP contribution in [0.5, 0.6) is 0 Å². The van der Waals surface area contributed by atoms with Crippen LogP contribution in [-0.4, -0.2) is 10.0 Å². The third-order valence-corrected chi connectivity index (χ3v) is 4.95. The molecule has 21 heavy (non-hydrogen) atoms. The summed E-state index contributed by atoms with van der Waals surface area (Å²) < 4.78 is 0.522. The van der Waals surface area contributed by atoms with Gasteiger partial charge >= 0.3 is 0 Å². The Hall–Kier alpha value is -1.37. The van der Waals surface area contributed by atoms with Crippen LogP contribution in [-0.2, 0) is 5.75 Å². The Balaban J connectivity index is 2.15. The maximum atomic E-state index is 10.9. The highest BCUT2D eigenvalue weighted by Crippen LogP contribution is 2.33. The Kier molecular flexibility index (Phi) is 5.39. The fraction of sp³-hybridized carbons (Fsp3) is 0.200. The van der Waals surface area contributed by atoms with E-state index in [-0.39, 0.29) is 5.69 Å². The number of aliphatic hydroxyl groups excluding tert-OH is 1. The van der Waals surface area contributed by atoms with Gasteiger partial charge in [0.15, 0.2) is 0 Å². The van der Waals surface area contributed by atoms with Crippen LogP contribution in [0.25, 0.3) is 0 Å². The summed E-state index contributed by atoms with van der Waals surface area (Å²) in [6.07, 6.45) is -0.505. The van der Waals surface area contributed by atoms with Gasteiger partial charge in [-0.3, -0.25) is 10.1 Å². The zero-order chi connectivity index (χ0) is 15.4. The third-order valence-electron chi connectivity index (χ3n) is 2.99. The lowest BCUT2D eigenvalue weighted by Gasteiger charge is -2.08. The van der Waals surface area contributed by atoms with Crippen LogP contribution in [0, 0.1) is 10.1 Å². The minimum Gasteiger partial charge on any atom is -0.389 e. The first kappa shape index (κ1) is 16.0. The van der Waals surface area contributed by atoms with E-state index in [0.717, 1.165) is 16.0 Å². The van der Waals surface area contributed by atoms with Crippen LogP contribution < -0.4 is 0 Å². The summed E-state index contributed by atoms with van der Waals surface area (Å²) in [5.74, 6) is 0.617. The van der Waals surface area contributed by atoms with Gasteiger partial charge in [0.25, 0.3) is 5.69 Å². The summed E-state index contributed by atoms with van der Waals surface area (Å²) in [5, 5.41) is 20.5. The average Bonchev–Trinajstić information content (AvgIpc) is 2.46. The molecule has 2 aromatic rings. The van der Waals surface area contributed by atoms with E-state index in [4.69, 9.17) is 0 Å². The van der Waals surface area contributed by atoms with Gasteiger partial charge < -0.3 is 5.11 Å². The van der Waals surface area contributed by atoms with Crippen molar-refractivity contribution >= 4 is 33.4 Å². The summed E-state index contributed by atoms with van der Waals surface area (Å²) in [7, 11) is 0. The largest absolute Gasteiger partial charge is 0.389 e. The first-order valence-corrected chi connectivity index (χ1v) is 8.09. The highest BCUT2D eigenvalue weighted by Gasteiger charge is 2.14. The summed E-state index contributed by atoms with van der Waals surface area (Å²) in [6.45, 7) is 1.72. The van der Waals surface area contributed by atoms with E-state index in [1.165, 1.54) is 6.07 Å². The minimum atomic E-state index is -0.505. The smallest absolute Gasteiger partial charge is 0.283 e. The number of hydrogen-bond donors (Lipinski definition) is 1. The molecule has 0 aliphatic rings. The van der Waals surface area contributed by atoms with Crippen molar-refractivity contribution in [1.82, 2.24) is 0 Å². The number of aliphatic hydroxyl groups is 1. The van der Waals surface area contributed by atoms with Gasteiger partial charge in [0.05, 0.1) is 15.5 Å². The molecule has 1 atom stereocenters. The minimum absolute atomic E-state index is 0.0748. The van der Waals surface area contributed by atoms with E-state index in [0.29, 0.717) is 10.2 Å². The summed E-state index contributed by atoms with van der Waals surface area (Å²) in [5.41, 5.74) is 1.81. The van der Waals surface area contributed by atoms with Gasteiger partial charge in [-0.25, -0.2) is 0 Å². The van der Waals surface area contributed by atoms with Crippen molar-refractivity contribution < 1.29 is 10.0 Å². The standard InChI is InChI=1S/C15H14BrNO3S/c1-10(18)11-4-2-6-13(8-11)21-9-12-5-3-7-14(15(12)16)17(19)20/h2-8,10,18H,9H2,1H3. The Bertz CT molecular complexity index is 661. The van der Waals surface area contributed by atoms with E-state index < -0.39 is 11.0 Å². The average molecular weight is 368 g/mol. The monoisotopic (exact) mass is 367 g/mol. The molecule has 0 aliphatic carbocycles. The Morgan fingerprint density at radius 2 is 2.05 bits per heavy atom. The number of nitro groups is 1. The molecule has 1 unspecified atom stereocenters. The summed E-state index contributed by atoms with van der Waals surface area (Å²) in [6, 6.07) is 12.7. The van der Waals surface area contributed by atoms with E-state index >= 15 is 0 Å². The number of hydrogen-bond acceptors (Lipinski definition) is 4. The molecule has 0 aliphatic heterocycles. The van der Waals surface area contributed by atoms with Crippen molar-refractivity contribution in [2.45, 2.75) is 23.7 Å². The molecule has 0 amide bonds. The zero-order valence-corrected chi connectivity index (χ0v) is 13.7. The van der Waals surface area contributed by atoms with Crippen LogP contribution in [0.4, 0.5) is 5.69 Å². The molecule has 0 heterocycles. The number of rotatable bonds is 5. The van der Waals surface area contributed by atoms with Crippen molar-refractivity contribution in [2.75, 3.05) is 0 Å². The van der Waals surface area contributed by atoms with Crippen LogP contribution in [0.1, 0.15) is 24.2 Å². The molecular weight excluding hydrogens is 354 g/mol. The number of nitrogens with zero attached hydrogens (tertiary/aromatic N) is 1. The lowest BCUT2D eigenvalue weighted by molar-refractivity contribution is -0.385. The molecule has 0 fully saturated rings. The van der Waals surface area contributed by atoms with Crippen LogP contribution in [0.3, 0.4) is 0 Å². The molecule has 0 spiro atoms. The van der Waals surface area contributed by atoms with Gasteiger partial charge in [0, 0.05) is 16.7 Å². The SMILES string of the molecule is CC(O)c1cccc(SCc2cccc([N+](=O)[O-])c2Br)c1. The predicted molar refractivity (Wildman–Crippen MR) is 87.4 cm³/mol. The summed E-state index contributed by atoms with van der Waals surface area (Å²) >= 11 is 4.87. The van der Waals surface area contributed by atoms with Crippen LogP contribution in [0.2, 0.25) is 0 Å². The van der Waals surface area contributed by atoms with Crippen molar-refractivity contribution in [2.24, 2.45) is 0 Å². The lowest BCUT2D eigenvalue weighted by atomic mass is 10.1. The first-order valence-electron chi connectivity index (χ1n) is 6.31. The van der Waals surface area contributed by atoms with E-state index in [1.807, 2.05) is 30.3 Å². The van der Waals surface area contributed by atoms with Crippen molar-refractivity contribution in [1.29, 1.82) is 0 Å². The van der Waals surface area contributed by atoms with E-state index in [2.05, 4.69) is 15.9 Å². The third kappa shape index (κ3) is 4.06. The number of nitro benzene ring substituents is 1. The topological polar surface area (TPSA) is 63.4 Å². The molecule has 0 radical (unpaired) electrons. The van der Waals surface area contributed by atoms with Crippen molar-refractivity contribution in [3.05, 3.63) is 68.2 Å². The molecule has 4 nitrogen and oxygen atoms in total. The first-order chi connectivity index (χ1) is 9.99. The summed E-state index contributed by atoms with van der Waals surface area (Å²) in [4.78, 5) is 11.5. The molecule has 0 bridgehead atoms. The second-order valence-electron chi connectivity index (χ2n) is 4.54. The Morgan fingerprint density at radius 1 is 1.33 bits per heavy atom. The van der Waals surface area contributed by atoms with Crippen molar-refractivity contribution in [3.63, 3.8) is 0 Å². The number of benzene rings is 2. The Labute approximate surface area is 135 Å². The van der Waals surface area contributed by atoms with Gasteiger partial charge in [0.1, 0.15) is 0 Å². The molecular formula is C15H14BrNO3S. The fourth-order valence-corrected chi connectivity index (χ4v) is 3.54. The van der Waals surface area contributed by atoms with Gasteiger partial charge in [-0.2, -0.15) is 0 Å². The second-order valence-corrected chi connectivity index (χ2v) is 6.39. The van der Waals surface area contributed by atoms with Gasteiger partial charge in [0.2, 0.25) is 0 Å². The molecule has 2 rings (SSSR count). The molecule has 0 saturated carbocycles. The highest BCUT2D eigenvalue weighted by molar-refractivity contribution is 9.10. The zero-order valence-electron chi connectivity index (χ0n) is 11.3. The predicted octanol–water partition coefficient (Wildman–Crippen LogP) is 4.70. The normalized spacial score (nSPS) is 12.1. The van der Waals surface area contributed by atoms with Gasteiger partial charge in [-0.05, 0) is 46.1 Å². The van der Waals surface area contributed by atoms with E-state index in [9.17, 15) is 15.2 Å².